The van der Waals surface area contributed by atoms with Crippen molar-refractivity contribution in [2.75, 3.05) is 6.79 Å². The number of amides is 3. The summed E-state index contributed by atoms with van der Waals surface area (Å²) in [7, 11) is 0. The number of non-ortho nitro benzene ring substituents is 2. The molecule has 2 aliphatic heterocycles. The van der Waals surface area contributed by atoms with Crippen molar-refractivity contribution in [2.45, 2.75) is 25.6 Å². The van der Waals surface area contributed by atoms with Gasteiger partial charge in [0.05, 0.1) is 23.0 Å². The van der Waals surface area contributed by atoms with Crippen LogP contribution in [0.4, 0.5) is 16.2 Å². The zero-order valence-corrected chi connectivity index (χ0v) is 16.2. The Morgan fingerprint density at radius 1 is 1.13 bits per heavy atom. The molecule has 0 spiro atoms. The third-order valence-corrected chi connectivity index (χ3v) is 5.22. The number of nitrogens with zero attached hydrogens (tertiary/aromatic N) is 3. The van der Waals surface area contributed by atoms with Gasteiger partial charge in [-0.2, -0.15) is 0 Å². The first kappa shape index (κ1) is 20.2. The van der Waals surface area contributed by atoms with Crippen molar-refractivity contribution >= 4 is 23.3 Å². The van der Waals surface area contributed by atoms with E-state index in [0.717, 1.165) is 4.90 Å². The summed E-state index contributed by atoms with van der Waals surface area (Å²) in [6.07, 6.45) is 0. The number of nitro benzene ring substituents is 2. The average molecular weight is 428 g/mol. The Morgan fingerprint density at radius 3 is 2.58 bits per heavy atom. The maximum absolute atomic E-state index is 13.2. The maximum atomic E-state index is 13.2. The van der Waals surface area contributed by atoms with Gasteiger partial charge >= 0.3 is 6.03 Å². The SMILES string of the molecule is CC1(c2cccc([N+](=O)[O-])c2)NC(=O)N(Cc2cc([N+](=O)[O-])cc3c2OCOC3)C1=O. The Kier molecular flexibility index (Phi) is 4.78. The molecule has 0 aliphatic carbocycles. The fraction of sp³-hybridized carbons (Fsp3) is 0.263. The summed E-state index contributed by atoms with van der Waals surface area (Å²) in [5.41, 5.74) is -1.03. The van der Waals surface area contributed by atoms with E-state index >= 15 is 0 Å². The van der Waals surface area contributed by atoms with Crippen LogP contribution in [-0.2, 0) is 28.2 Å². The molecule has 0 bridgehead atoms. The average Bonchev–Trinajstić information content (AvgIpc) is 2.97. The van der Waals surface area contributed by atoms with E-state index in [1.54, 1.807) is 0 Å². The molecule has 1 unspecified atom stereocenters. The third kappa shape index (κ3) is 3.42. The van der Waals surface area contributed by atoms with Crippen LogP contribution < -0.4 is 10.1 Å². The molecule has 0 radical (unpaired) electrons. The maximum Gasteiger partial charge on any atom is 0.325 e. The lowest BCUT2D eigenvalue weighted by Crippen LogP contribution is -2.40. The quantitative estimate of drug-likeness (QED) is 0.432. The predicted molar refractivity (Wildman–Crippen MR) is 103 cm³/mol. The van der Waals surface area contributed by atoms with Crippen molar-refractivity contribution in [3.63, 3.8) is 0 Å². The number of hydrogen-bond acceptors (Lipinski definition) is 8. The van der Waals surface area contributed by atoms with E-state index in [2.05, 4.69) is 5.32 Å². The molecule has 2 aliphatic rings. The molecule has 2 heterocycles. The third-order valence-electron chi connectivity index (χ3n) is 5.22. The lowest BCUT2D eigenvalue weighted by Gasteiger charge is -2.24. The number of carbonyl (C=O) groups is 2. The van der Waals surface area contributed by atoms with Crippen molar-refractivity contribution in [2.24, 2.45) is 0 Å². The van der Waals surface area contributed by atoms with Gasteiger partial charge in [-0.15, -0.1) is 0 Å². The number of benzene rings is 2. The molecule has 1 saturated heterocycles. The second-order valence-corrected chi connectivity index (χ2v) is 7.21. The normalized spacial score (nSPS) is 20.1. The molecule has 1 fully saturated rings. The molecule has 160 valence electrons. The molecule has 31 heavy (non-hydrogen) atoms. The first-order chi connectivity index (χ1) is 14.7. The lowest BCUT2D eigenvalue weighted by atomic mass is 9.91. The fourth-order valence-electron chi connectivity index (χ4n) is 3.64. The van der Waals surface area contributed by atoms with E-state index in [1.165, 1.54) is 43.3 Å². The van der Waals surface area contributed by atoms with E-state index in [4.69, 9.17) is 9.47 Å². The van der Waals surface area contributed by atoms with Crippen LogP contribution in [0.5, 0.6) is 5.75 Å². The first-order valence-electron chi connectivity index (χ1n) is 9.10. The molecule has 4 rings (SSSR count). The Balaban J connectivity index is 1.69. The number of ether oxygens (including phenoxy) is 2. The molecule has 0 aromatic heterocycles. The molecule has 12 nitrogen and oxygen atoms in total. The number of rotatable bonds is 5. The molecule has 2 aromatic rings. The second-order valence-electron chi connectivity index (χ2n) is 7.21. The highest BCUT2D eigenvalue weighted by molar-refractivity contribution is 6.07. The van der Waals surface area contributed by atoms with Gasteiger partial charge in [-0.05, 0) is 12.5 Å². The molecule has 2 aromatic carbocycles. The van der Waals surface area contributed by atoms with E-state index in [9.17, 15) is 29.8 Å². The van der Waals surface area contributed by atoms with Crippen LogP contribution in [0.15, 0.2) is 36.4 Å². The van der Waals surface area contributed by atoms with Gasteiger partial charge in [0, 0.05) is 35.4 Å². The largest absolute Gasteiger partial charge is 0.467 e. The highest BCUT2D eigenvalue weighted by Crippen LogP contribution is 2.36. The van der Waals surface area contributed by atoms with Gasteiger partial charge < -0.3 is 14.8 Å². The van der Waals surface area contributed by atoms with Crippen molar-refractivity contribution in [3.8, 4) is 5.75 Å². The molecule has 12 heteroatoms. The van der Waals surface area contributed by atoms with Crippen LogP contribution in [0.25, 0.3) is 0 Å². The summed E-state index contributed by atoms with van der Waals surface area (Å²) in [5.74, 6) is -0.327. The Morgan fingerprint density at radius 2 is 1.87 bits per heavy atom. The predicted octanol–water partition coefficient (Wildman–Crippen LogP) is 2.34. The van der Waals surface area contributed by atoms with Gasteiger partial charge in [0.1, 0.15) is 11.3 Å². The molecular weight excluding hydrogens is 412 g/mol. The highest BCUT2D eigenvalue weighted by atomic mass is 16.7. The lowest BCUT2D eigenvalue weighted by molar-refractivity contribution is -0.385. The number of hydrogen-bond donors (Lipinski definition) is 1. The van der Waals surface area contributed by atoms with E-state index < -0.39 is 27.3 Å². The zero-order valence-electron chi connectivity index (χ0n) is 16.2. The van der Waals surface area contributed by atoms with Gasteiger partial charge in [0.2, 0.25) is 0 Å². The zero-order chi connectivity index (χ0) is 22.3. The van der Waals surface area contributed by atoms with E-state index in [-0.39, 0.29) is 42.4 Å². The molecule has 1 N–H and O–H groups in total. The van der Waals surface area contributed by atoms with Gasteiger partial charge in [-0.3, -0.25) is 29.9 Å². The van der Waals surface area contributed by atoms with E-state index in [0.29, 0.717) is 11.3 Å². The van der Waals surface area contributed by atoms with Crippen molar-refractivity contribution in [3.05, 3.63) is 73.3 Å². The van der Waals surface area contributed by atoms with Crippen LogP contribution in [0, 0.1) is 20.2 Å². The summed E-state index contributed by atoms with van der Waals surface area (Å²) < 4.78 is 10.6. The standard InChI is InChI=1S/C19H16N4O8/c1-19(13-3-2-4-14(7-13)22(26)27)17(24)21(18(25)20-19)8-11-5-15(23(28)29)6-12-9-30-10-31-16(11)12/h2-7H,8-10H2,1H3,(H,20,25). The first-order valence-corrected chi connectivity index (χ1v) is 9.10. The smallest absolute Gasteiger partial charge is 0.325 e. The Labute approximate surface area is 174 Å². The van der Waals surface area contributed by atoms with Gasteiger partial charge in [0.15, 0.2) is 6.79 Å². The summed E-state index contributed by atoms with van der Waals surface area (Å²) in [6, 6.07) is 7.25. The van der Waals surface area contributed by atoms with Crippen LogP contribution in [0.2, 0.25) is 0 Å². The van der Waals surface area contributed by atoms with Crippen molar-refractivity contribution in [1.29, 1.82) is 0 Å². The summed E-state index contributed by atoms with van der Waals surface area (Å²) >= 11 is 0. The van der Waals surface area contributed by atoms with Gasteiger partial charge in [-0.25, -0.2) is 4.79 Å². The minimum absolute atomic E-state index is 0.0661. The van der Waals surface area contributed by atoms with E-state index in [1.807, 2.05) is 0 Å². The summed E-state index contributed by atoms with van der Waals surface area (Å²) in [5, 5.41) is 24.9. The topological polar surface area (TPSA) is 154 Å². The number of nitro groups is 2. The minimum Gasteiger partial charge on any atom is -0.467 e. The molecule has 3 amide bonds. The molecule has 0 saturated carbocycles. The van der Waals surface area contributed by atoms with Crippen LogP contribution in [-0.4, -0.2) is 33.5 Å². The Hall–Kier alpha value is -4.06. The van der Waals surface area contributed by atoms with Crippen LogP contribution in [0.1, 0.15) is 23.6 Å². The van der Waals surface area contributed by atoms with Crippen molar-refractivity contribution < 1.29 is 28.9 Å². The highest BCUT2D eigenvalue weighted by Gasteiger charge is 2.49. The monoisotopic (exact) mass is 428 g/mol. The number of carbonyl (C=O) groups excluding carboxylic acids is 2. The van der Waals surface area contributed by atoms with Crippen LogP contribution in [0.3, 0.4) is 0 Å². The molecule has 1 atom stereocenters. The number of urea groups is 1. The second kappa shape index (κ2) is 7.32. The van der Waals surface area contributed by atoms with Crippen LogP contribution >= 0.6 is 0 Å². The minimum atomic E-state index is -1.53. The molecular formula is C19H16N4O8. The fourth-order valence-corrected chi connectivity index (χ4v) is 3.64. The van der Waals surface area contributed by atoms with Gasteiger partial charge in [-0.1, -0.05) is 12.1 Å². The number of nitrogens with one attached hydrogen (secondary N) is 1. The Bertz CT molecular complexity index is 1130. The number of imide groups is 1. The van der Waals surface area contributed by atoms with Crippen molar-refractivity contribution in [1.82, 2.24) is 10.2 Å². The van der Waals surface area contributed by atoms with Gasteiger partial charge in [0.25, 0.3) is 17.3 Å². The number of fused-ring (bicyclic) bond motifs is 1. The summed E-state index contributed by atoms with van der Waals surface area (Å²) in [6.45, 7) is 1.19. The summed E-state index contributed by atoms with van der Waals surface area (Å²) in [4.78, 5) is 47.9.